The van der Waals surface area contributed by atoms with E-state index in [0.29, 0.717) is 4.91 Å². The molecule has 1 aliphatic rings. The van der Waals surface area contributed by atoms with E-state index >= 15 is 0 Å². The number of carbonyl (C=O) groups is 1. The molecule has 0 spiro atoms. The number of amidine groups is 1. The van der Waals surface area contributed by atoms with Crippen LogP contribution in [0.3, 0.4) is 0 Å². The average molecular weight is 205 g/mol. The van der Waals surface area contributed by atoms with Crippen molar-refractivity contribution in [3.8, 4) is 0 Å². The van der Waals surface area contributed by atoms with E-state index in [2.05, 4.69) is 9.98 Å². The van der Waals surface area contributed by atoms with Crippen molar-refractivity contribution in [2.24, 2.45) is 10.7 Å². The summed E-state index contributed by atoms with van der Waals surface area (Å²) in [6.07, 6.45) is 5.18. The average Bonchev–Trinajstić information content (AvgIpc) is 2.47. The van der Waals surface area contributed by atoms with Crippen LogP contribution in [0.2, 0.25) is 0 Å². The van der Waals surface area contributed by atoms with Crippen molar-refractivity contribution < 1.29 is 4.79 Å². The molecule has 2 N–H and O–H groups in total. The van der Waals surface area contributed by atoms with Gasteiger partial charge in [-0.3, -0.25) is 9.78 Å². The van der Waals surface area contributed by atoms with Gasteiger partial charge >= 0.3 is 5.24 Å². The van der Waals surface area contributed by atoms with Gasteiger partial charge in [-0.1, -0.05) is 0 Å². The highest BCUT2D eigenvalue weighted by molar-refractivity contribution is 8.18. The van der Waals surface area contributed by atoms with Crippen LogP contribution in [0.4, 0.5) is 4.79 Å². The van der Waals surface area contributed by atoms with E-state index in [1.807, 2.05) is 18.2 Å². The largest absolute Gasteiger partial charge is 0.383 e. The van der Waals surface area contributed by atoms with Gasteiger partial charge in [0, 0.05) is 12.4 Å². The van der Waals surface area contributed by atoms with Crippen LogP contribution in [0.15, 0.2) is 34.4 Å². The van der Waals surface area contributed by atoms with Gasteiger partial charge in [-0.25, -0.2) is 0 Å². The zero-order valence-corrected chi connectivity index (χ0v) is 7.99. The number of nitrogens with zero attached hydrogens (tertiary/aromatic N) is 2. The molecule has 0 saturated heterocycles. The topological polar surface area (TPSA) is 68.3 Å². The lowest BCUT2D eigenvalue weighted by atomic mass is 10.2. The number of aliphatic imine (C=N–C) groups is 1. The Balaban J connectivity index is 2.29. The lowest BCUT2D eigenvalue weighted by Gasteiger charge is -1.95. The van der Waals surface area contributed by atoms with E-state index in [1.54, 1.807) is 12.4 Å². The Bertz CT molecular complexity index is 425. The molecule has 1 amide bonds. The fourth-order valence-electron chi connectivity index (χ4n) is 1.04. The van der Waals surface area contributed by atoms with Gasteiger partial charge in [-0.05, 0) is 35.5 Å². The Hall–Kier alpha value is -1.62. The van der Waals surface area contributed by atoms with Crippen molar-refractivity contribution in [1.29, 1.82) is 0 Å². The van der Waals surface area contributed by atoms with Gasteiger partial charge in [0.15, 0.2) is 0 Å². The van der Waals surface area contributed by atoms with Crippen molar-refractivity contribution in [2.75, 3.05) is 0 Å². The maximum absolute atomic E-state index is 10.9. The summed E-state index contributed by atoms with van der Waals surface area (Å²) in [4.78, 5) is 19.1. The molecular formula is C9H7N3OS. The van der Waals surface area contributed by atoms with E-state index in [-0.39, 0.29) is 11.1 Å². The summed E-state index contributed by atoms with van der Waals surface area (Å²) in [5, 5.41) is -0.261. The maximum atomic E-state index is 10.9. The van der Waals surface area contributed by atoms with E-state index < -0.39 is 0 Å². The molecule has 0 unspecified atom stereocenters. The molecule has 0 aliphatic carbocycles. The van der Waals surface area contributed by atoms with Gasteiger partial charge in [0.2, 0.25) is 0 Å². The molecule has 2 heterocycles. The standard InChI is InChI=1S/C9H7N3OS/c10-8-7(14-9(13)12-8)5-6-1-3-11-4-2-6/h1-5H,(H2,10,12,13)/b7-5-. The summed E-state index contributed by atoms with van der Waals surface area (Å²) in [7, 11) is 0. The first-order valence-electron chi connectivity index (χ1n) is 3.94. The predicted octanol–water partition coefficient (Wildman–Crippen LogP) is 1.65. The third-order valence-corrected chi connectivity index (χ3v) is 2.48. The zero-order valence-electron chi connectivity index (χ0n) is 7.18. The summed E-state index contributed by atoms with van der Waals surface area (Å²) in [5.74, 6) is 0.289. The van der Waals surface area contributed by atoms with Crippen molar-refractivity contribution in [1.82, 2.24) is 4.98 Å². The van der Waals surface area contributed by atoms with Crippen LogP contribution in [-0.2, 0) is 0 Å². The van der Waals surface area contributed by atoms with Crippen LogP contribution in [0, 0.1) is 0 Å². The molecule has 4 nitrogen and oxygen atoms in total. The molecule has 1 aliphatic heterocycles. The van der Waals surface area contributed by atoms with Crippen LogP contribution in [-0.4, -0.2) is 16.1 Å². The summed E-state index contributed by atoms with van der Waals surface area (Å²) in [5.41, 5.74) is 6.50. The summed E-state index contributed by atoms with van der Waals surface area (Å²) >= 11 is 1.04. The number of carbonyl (C=O) groups excluding carboxylic acids is 1. The van der Waals surface area contributed by atoms with E-state index in [9.17, 15) is 4.79 Å². The van der Waals surface area contributed by atoms with Crippen LogP contribution >= 0.6 is 11.8 Å². The van der Waals surface area contributed by atoms with E-state index in [0.717, 1.165) is 17.3 Å². The molecule has 0 radical (unpaired) electrons. The Morgan fingerprint density at radius 2 is 2.07 bits per heavy atom. The number of nitrogens with two attached hydrogens (primary N) is 1. The highest BCUT2D eigenvalue weighted by atomic mass is 32.2. The highest BCUT2D eigenvalue weighted by Crippen LogP contribution is 2.26. The summed E-state index contributed by atoms with van der Waals surface area (Å²) in [6.45, 7) is 0. The van der Waals surface area contributed by atoms with Gasteiger partial charge in [-0.15, -0.1) is 0 Å². The van der Waals surface area contributed by atoms with E-state index in [1.165, 1.54) is 0 Å². The second-order valence-corrected chi connectivity index (χ2v) is 3.65. The molecule has 1 aromatic heterocycles. The van der Waals surface area contributed by atoms with Gasteiger partial charge in [0.25, 0.3) is 0 Å². The first-order chi connectivity index (χ1) is 6.75. The molecule has 0 fully saturated rings. The van der Waals surface area contributed by atoms with Gasteiger partial charge in [-0.2, -0.15) is 4.99 Å². The maximum Gasteiger partial charge on any atom is 0.311 e. The number of thioether (sulfide) groups is 1. The second-order valence-electron chi connectivity index (χ2n) is 2.65. The molecule has 14 heavy (non-hydrogen) atoms. The van der Waals surface area contributed by atoms with Crippen LogP contribution in [0.5, 0.6) is 0 Å². The third-order valence-electron chi connectivity index (χ3n) is 1.67. The number of amides is 1. The molecule has 0 bridgehead atoms. The van der Waals surface area contributed by atoms with Crippen LogP contribution in [0.25, 0.3) is 6.08 Å². The zero-order chi connectivity index (χ0) is 9.97. The first-order valence-corrected chi connectivity index (χ1v) is 4.75. The number of pyridine rings is 1. The van der Waals surface area contributed by atoms with Crippen LogP contribution < -0.4 is 5.73 Å². The fraction of sp³-hybridized carbons (Fsp3) is 0. The normalized spacial score (nSPS) is 18.7. The Morgan fingerprint density at radius 3 is 2.64 bits per heavy atom. The number of hydrogen-bond acceptors (Lipinski definition) is 4. The van der Waals surface area contributed by atoms with Crippen molar-refractivity contribution in [2.45, 2.75) is 0 Å². The van der Waals surface area contributed by atoms with E-state index in [4.69, 9.17) is 5.73 Å². The first kappa shape index (κ1) is 8.96. The minimum Gasteiger partial charge on any atom is -0.383 e. The highest BCUT2D eigenvalue weighted by Gasteiger charge is 2.18. The molecule has 0 aromatic carbocycles. The minimum atomic E-state index is -0.261. The summed E-state index contributed by atoms with van der Waals surface area (Å²) < 4.78 is 0. The minimum absolute atomic E-state index is 0.261. The van der Waals surface area contributed by atoms with Crippen molar-refractivity contribution in [3.05, 3.63) is 35.0 Å². The lowest BCUT2D eigenvalue weighted by Crippen LogP contribution is -2.08. The number of hydrogen-bond donors (Lipinski definition) is 1. The Labute approximate surface area is 84.9 Å². The molecule has 2 rings (SSSR count). The Morgan fingerprint density at radius 1 is 1.36 bits per heavy atom. The molecular weight excluding hydrogens is 198 g/mol. The Kier molecular flexibility index (Phi) is 2.32. The van der Waals surface area contributed by atoms with Crippen molar-refractivity contribution >= 4 is 28.9 Å². The SMILES string of the molecule is NC1=NC(=O)S/C1=C\c1ccncc1. The van der Waals surface area contributed by atoms with Crippen molar-refractivity contribution in [3.63, 3.8) is 0 Å². The smallest absolute Gasteiger partial charge is 0.311 e. The summed E-state index contributed by atoms with van der Waals surface area (Å²) in [6, 6.07) is 3.67. The molecule has 70 valence electrons. The molecule has 0 saturated carbocycles. The fourth-order valence-corrected chi connectivity index (χ4v) is 1.71. The van der Waals surface area contributed by atoms with Gasteiger partial charge < -0.3 is 5.73 Å². The van der Waals surface area contributed by atoms with Gasteiger partial charge in [0.05, 0.1) is 4.91 Å². The predicted molar refractivity (Wildman–Crippen MR) is 56.8 cm³/mol. The van der Waals surface area contributed by atoms with Gasteiger partial charge in [0.1, 0.15) is 5.84 Å². The number of rotatable bonds is 1. The number of aromatic nitrogens is 1. The third kappa shape index (κ3) is 1.82. The molecule has 5 heteroatoms. The van der Waals surface area contributed by atoms with Crippen LogP contribution in [0.1, 0.15) is 5.56 Å². The molecule has 1 aromatic rings. The monoisotopic (exact) mass is 205 g/mol. The lowest BCUT2D eigenvalue weighted by molar-refractivity contribution is 0.268. The second kappa shape index (κ2) is 3.63. The quantitative estimate of drug-likeness (QED) is 0.756. The molecule has 0 atom stereocenters.